The van der Waals surface area contributed by atoms with Crippen LogP contribution in [0.25, 0.3) is 10.9 Å². The zero-order chi connectivity index (χ0) is 14.7. The molecule has 1 heterocycles. The SMILES string of the molecule is C[C@@H](Nc1ncnc2ccccc12)c1cccc(C#N)c1. The molecule has 0 saturated carbocycles. The first-order valence-electron chi connectivity index (χ1n) is 6.74. The summed E-state index contributed by atoms with van der Waals surface area (Å²) in [6, 6.07) is 17.7. The maximum atomic E-state index is 8.98. The predicted molar refractivity (Wildman–Crippen MR) is 82.7 cm³/mol. The van der Waals surface area contributed by atoms with Crippen molar-refractivity contribution in [2.45, 2.75) is 13.0 Å². The lowest BCUT2D eigenvalue weighted by Crippen LogP contribution is -2.08. The minimum Gasteiger partial charge on any atom is -0.363 e. The Hall–Kier alpha value is -2.93. The van der Waals surface area contributed by atoms with Crippen molar-refractivity contribution in [3.8, 4) is 6.07 Å². The summed E-state index contributed by atoms with van der Waals surface area (Å²) in [5, 5.41) is 13.4. The number of nitrogens with one attached hydrogen (secondary N) is 1. The van der Waals surface area contributed by atoms with Gasteiger partial charge in [-0.15, -0.1) is 0 Å². The molecule has 0 amide bonds. The third-order valence-corrected chi connectivity index (χ3v) is 3.41. The monoisotopic (exact) mass is 274 g/mol. The van der Waals surface area contributed by atoms with Crippen molar-refractivity contribution in [1.29, 1.82) is 5.26 Å². The molecule has 2 aromatic carbocycles. The van der Waals surface area contributed by atoms with E-state index < -0.39 is 0 Å². The van der Waals surface area contributed by atoms with Crippen molar-refractivity contribution in [3.63, 3.8) is 0 Å². The van der Waals surface area contributed by atoms with E-state index >= 15 is 0 Å². The molecule has 0 fully saturated rings. The second-order valence-corrected chi connectivity index (χ2v) is 4.84. The van der Waals surface area contributed by atoms with Gasteiger partial charge in [0.1, 0.15) is 12.1 Å². The van der Waals surface area contributed by atoms with E-state index in [0.717, 1.165) is 22.3 Å². The van der Waals surface area contributed by atoms with Crippen LogP contribution >= 0.6 is 0 Å². The second kappa shape index (κ2) is 5.59. The molecule has 0 radical (unpaired) electrons. The molecule has 4 nitrogen and oxygen atoms in total. The zero-order valence-electron chi connectivity index (χ0n) is 11.6. The van der Waals surface area contributed by atoms with Crippen LogP contribution in [-0.4, -0.2) is 9.97 Å². The molecule has 0 bridgehead atoms. The largest absolute Gasteiger partial charge is 0.363 e. The van der Waals surface area contributed by atoms with Gasteiger partial charge in [-0.05, 0) is 36.8 Å². The first-order valence-corrected chi connectivity index (χ1v) is 6.74. The second-order valence-electron chi connectivity index (χ2n) is 4.84. The maximum Gasteiger partial charge on any atom is 0.137 e. The summed E-state index contributed by atoms with van der Waals surface area (Å²) in [5.74, 6) is 0.801. The summed E-state index contributed by atoms with van der Waals surface area (Å²) in [6.07, 6.45) is 1.56. The van der Waals surface area contributed by atoms with Crippen molar-refractivity contribution in [2.24, 2.45) is 0 Å². The smallest absolute Gasteiger partial charge is 0.137 e. The molecule has 0 aliphatic carbocycles. The Balaban J connectivity index is 1.93. The van der Waals surface area contributed by atoms with Gasteiger partial charge < -0.3 is 5.32 Å². The van der Waals surface area contributed by atoms with Crippen LogP contribution in [0.1, 0.15) is 24.1 Å². The number of hydrogen-bond acceptors (Lipinski definition) is 4. The summed E-state index contributed by atoms with van der Waals surface area (Å²) in [5.41, 5.74) is 2.62. The first kappa shape index (κ1) is 13.1. The van der Waals surface area contributed by atoms with Crippen molar-refractivity contribution >= 4 is 16.7 Å². The molecule has 0 spiro atoms. The summed E-state index contributed by atoms with van der Waals surface area (Å²) in [7, 11) is 0. The highest BCUT2D eigenvalue weighted by Crippen LogP contribution is 2.24. The first-order chi connectivity index (χ1) is 10.3. The summed E-state index contributed by atoms with van der Waals surface area (Å²) >= 11 is 0. The van der Waals surface area contributed by atoms with Gasteiger partial charge in [-0.3, -0.25) is 0 Å². The highest BCUT2D eigenvalue weighted by Gasteiger charge is 2.09. The topological polar surface area (TPSA) is 61.6 Å². The van der Waals surface area contributed by atoms with Gasteiger partial charge in [-0.1, -0.05) is 24.3 Å². The minimum atomic E-state index is 0.0524. The Morgan fingerprint density at radius 2 is 1.95 bits per heavy atom. The maximum absolute atomic E-state index is 8.98. The molecule has 102 valence electrons. The van der Waals surface area contributed by atoms with Crippen LogP contribution in [0, 0.1) is 11.3 Å². The standard InChI is InChI=1S/C17H14N4/c1-12(14-6-4-5-13(9-14)10-18)21-17-15-7-2-3-8-16(15)19-11-20-17/h2-9,11-12H,1H3,(H,19,20,21)/t12-/m1/s1. The van der Waals surface area contributed by atoms with E-state index in [1.165, 1.54) is 0 Å². The molecule has 0 aliphatic rings. The van der Waals surface area contributed by atoms with E-state index in [4.69, 9.17) is 5.26 Å². The third-order valence-electron chi connectivity index (χ3n) is 3.41. The third kappa shape index (κ3) is 2.67. The Bertz CT molecular complexity index is 815. The predicted octanol–water partition coefficient (Wildman–Crippen LogP) is 3.67. The number of nitrogens with zero attached hydrogens (tertiary/aromatic N) is 3. The number of aromatic nitrogens is 2. The Morgan fingerprint density at radius 3 is 2.81 bits per heavy atom. The lowest BCUT2D eigenvalue weighted by atomic mass is 10.1. The number of hydrogen-bond donors (Lipinski definition) is 1. The summed E-state index contributed by atoms with van der Waals surface area (Å²) in [6.45, 7) is 2.05. The number of nitriles is 1. The Morgan fingerprint density at radius 1 is 1.10 bits per heavy atom. The molecular formula is C17H14N4. The highest BCUT2D eigenvalue weighted by molar-refractivity contribution is 5.88. The van der Waals surface area contributed by atoms with E-state index in [-0.39, 0.29) is 6.04 Å². The normalized spacial score (nSPS) is 11.8. The summed E-state index contributed by atoms with van der Waals surface area (Å²) in [4.78, 5) is 8.58. The van der Waals surface area contributed by atoms with Crippen LogP contribution in [0.5, 0.6) is 0 Å². The van der Waals surface area contributed by atoms with Gasteiger partial charge in [0.15, 0.2) is 0 Å². The Labute approximate surface area is 123 Å². The van der Waals surface area contributed by atoms with Crippen molar-refractivity contribution in [1.82, 2.24) is 9.97 Å². The molecule has 0 unspecified atom stereocenters. The molecule has 3 rings (SSSR count). The minimum absolute atomic E-state index is 0.0524. The van der Waals surface area contributed by atoms with Crippen molar-refractivity contribution in [2.75, 3.05) is 5.32 Å². The van der Waals surface area contributed by atoms with Gasteiger partial charge in [-0.2, -0.15) is 5.26 Å². The quantitative estimate of drug-likeness (QED) is 0.791. The Kier molecular flexibility index (Phi) is 3.48. The highest BCUT2D eigenvalue weighted by atomic mass is 15.0. The van der Waals surface area contributed by atoms with Gasteiger partial charge in [0.2, 0.25) is 0 Å². The van der Waals surface area contributed by atoms with Crippen LogP contribution < -0.4 is 5.32 Å². The molecular weight excluding hydrogens is 260 g/mol. The molecule has 0 saturated heterocycles. The number of benzene rings is 2. The fourth-order valence-corrected chi connectivity index (χ4v) is 2.29. The molecule has 1 aromatic heterocycles. The molecule has 3 aromatic rings. The number of anilines is 1. The van der Waals surface area contributed by atoms with Crippen LogP contribution in [0.2, 0.25) is 0 Å². The van der Waals surface area contributed by atoms with Gasteiger partial charge in [0, 0.05) is 5.39 Å². The van der Waals surface area contributed by atoms with Crippen LogP contribution in [-0.2, 0) is 0 Å². The molecule has 1 N–H and O–H groups in total. The fraction of sp³-hybridized carbons (Fsp3) is 0.118. The van der Waals surface area contributed by atoms with Gasteiger partial charge in [0.25, 0.3) is 0 Å². The van der Waals surface area contributed by atoms with Crippen molar-refractivity contribution in [3.05, 3.63) is 66.0 Å². The molecule has 0 aliphatic heterocycles. The number of rotatable bonds is 3. The number of para-hydroxylation sites is 1. The van der Waals surface area contributed by atoms with E-state index in [0.29, 0.717) is 5.56 Å². The van der Waals surface area contributed by atoms with Gasteiger partial charge >= 0.3 is 0 Å². The van der Waals surface area contributed by atoms with Crippen molar-refractivity contribution < 1.29 is 0 Å². The number of fused-ring (bicyclic) bond motifs is 1. The molecule has 1 atom stereocenters. The van der Waals surface area contributed by atoms with E-state index in [1.54, 1.807) is 12.4 Å². The van der Waals surface area contributed by atoms with Gasteiger partial charge in [-0.25, -0.2) is 9.97 Å². The lowest BCUT2D eigenvalue weighted by molar-refractivity contribution is 0.875. The van der Waals surface area contributed by atoms with E-state index in [2.05, 4.69) is 21.4 Å². The average molecular weight is 274 g/mol. The lowest BCUT2D eigenvalue weighted by Gasteiger charge is -2.16. The van der Waals surface area contributed by atoms with Crippen LogP contribution in [0.4, 0.5) is 5.82 Å². The van der Waals surface area contributed by atoms with Gasteiger partial charge in [0.05, 0.1) is 23.2 Å². The fourth-order valence-electron chi connectivity index (χ4n) is 2.29. The zero-order valence-corrected chi connectivity index (χ0v) is 11.6. The van der Waals surface area contributed by atoms with Crippen LogP contribution in [0.15, 0.2) is 54.9 Å². The van der Waals surface area contributed by atoms with E-state index in [1.807, 2.05) is 49.4 Å². The van der Waals surface area contributed by atoms with E-state index in [9.17, 15) is 0 Å². The molecule has 21 heavy (non-hydrogen) atoms. The molecule has 4 heteroatoms. The summed E-state index contributed by atoms with van der Waals surface area (Å²) < 4.78 is 0. The average Bonchev–Trinajstić information content (AvgIpc) is 2.55. The van der Waals surface area contributed by atoms with Crippen LogP contribution in [0.3, 0.4) is 0 Å².